The molecule has 0 aliphatic carbocycles. The van der Waals surface area contributed by atoms with Crippen molar-refractivity contribution in [1.82, 2.24) is 4.90 Å². The van der Waals surface area contributed by atoms with Crippen LogP contribution in [0.15, 0.2) is 16.7 Å². The van der Waals surface area contributed by atoms with Crippen molar-refractivity contribution in [3.05, 3.63) is 23.7 Å². The molecule has 1 aromatic heterocycles. The summed E-state index contributed by atoms with van der Waals surface area (Å²) in [5.74, 6) is 0.479. The van der Waals surface area contributed by atoms with Crippen molar-refractivity contribution in [1.29, 1.82) is 0 Å². The van der Waals surface area contributed by atoms with Gasteiger partial charge in [0, 0.05) is 6.54 Å². The lowest BCUT2D eigenvalue weighted by Gasteiger charge is -2.24. The van der Waals surface area contributed by atoms with Gasteiger partial charge in [0.15, 0.2) is 0 Å². The van der Waals surface area contributed by atoms with Gasteiger partial charge in [-0.25, -0.2) is 4.79 Å². The number of carboxylic acids is 1. The van der Waals surface area contributed by atoms with E-state index in [0.29, 0.717) is 12.5 Å². The van der Waals surface area contributed by atoms with Crippen LogP contribution >= 0.6 is 0 Å². The second-order valence-electron chi connectivity index (χ2n) is 4.62. The van der Waals surface area contributed by atoms with Gasteiger partial charge >= 0.3 is 5.97 Å². The van der Waals surface area contributed by atoms with Gasteiger partial charge in [0.25, 0.3) is 0 Å². The third-order valence-electron chi connectivity index (χ3n) is 3.40. The van der Waals surface area contributed by atoms with Crippen molar-refractivity contribution in [3.63, 3.8) is 0 Å². The highest BCUT2D eigenvalue weighted by atomic mass is 16.4. The zero-order valence-corrected chi connectivity index (χ0v) is 11.5. The molecule has 0 aliphatic rings. The first-order chi connectivity index (χ1) is 8.60. The average Bonchev–Trinajstić information content (AvgIpc) is 2.83. The number of aromatic carboxylic acids is 1. The molecule has 0 saturated heterocycles. The Balaban J connectivity index is 2.58. The van der Waals surface area contributed by atoms with E-state index < -0.39 is 5.97 Å². The van der Waals surface area contributed by atoms with Crippen LogP contribution in [0.5, 0.6) is 0 Å². The Morgan fingerprint density at radius 2 is 2.06 bits per heavy atom. The van der Waals surface area contributed by atoms with Gasteiger partial charge < -0.3 is 9.52 Å². The minimum atomic E-state index is -0.937. The zero-order valence-electron chi connectivity index (χ0n) is 11.5. The standard InChI is InChI=1S/C14H23NO3/c1-4-11(5-2)8-15(6-3)9-13-7-12(10-18-13)14(16)17/h7,10-11H,4-6,8-9H2,1-3H3,(H,16,17). The SMILES string of the molecule is CCC(CC)CN(CC)Cc1cc(C(=O)O)co1. The molecule has 4 nitrogen and oxygen atoms in total. The van der Waals surface area contributed by atoms with E-state index in [-0.39, 0.29) is 5.56 Å². The second kappa shape index (κ2) is 7.21. The molecule has 0 saturated carbocycles. The van der Waals surface area contributed by atoms with Crippen molar-refractivity contribution >= 4 is 5.97 Å². The first kappa shape index (κ1) is 14.8. The number of nitrogens with zero attached hydrogens (tertiary/aromatic N) is 1. The Labute approximate surface area is 109 Å². The minimum Gasteiger partial charge on any atom is -0.478 e. The Morgan fingerprint density at radius 3 is 2.50 bits per heavy atom. The van der Waals surface area contributed by atoms with E-state index in [9.17, 15) is 4.79 Å². The molecule has 18 heavy (non-hydrogen) atoms. The van der Waals surface area contributed by atoms with E-state index in [1.54, 1.807) is 6.07 Å². The number of carboxylic acid groups (broad SMARTS) is 1. The first-order valence-electron chi connectivity index (χ1n) is 6.63. The summed E-state index contributed by atoms with van der Waals surface area (Å²) in [5, 5.41) is 8.84. The molecule has 0 atom stereocenters. The molecule has 0 fully saturated rings. The maximum Gasteiger partial charge on any atom is 0.338 e. The monoisotopic (exact) mass is 253 g/mol. The fourth-order valence-corrected chi connectivity index (χ4v) is 2.01. The predicted molar refractivity (Wildman–Crippen MR) is 70.7 cm³/mol. The van der Waals surface area contributed by atoms with Gasteiger partial charge in [-0.2, -0.15) is 0 Å². The molecule has 4 heteroatoms. The molecule has 102 valence electrons. The van der Waals surface area contributed by atoms with E-state index in [2.05, 4.69) is 25.7 Å². The number of rotatable bonds is 8. The molecule has 0 unspecified atom stereocenters. The molecule has 1 N–H and O–H groups in total. The summed E-state index contributed by atoms with van der Waals surface area (Å²) in [6.07, 6.45) is 3.65. The zero-order chi connectivity index (χ0) is 13.5. The van der Waals surface area contributed by atoms with Crippen LogP contribution in [-0.2, 0) is 6.54 Å². The Morgan fingerprint density at radius 1 is 1.39 bits per heavy atom. The summed E-state index contributed by atoms with van der Waals surface area (Å²) < 4.78 is 5.28. The maximum atomic E-state index is 10.8. The summed E-state index contributed by atoms with van der Waals surface area (Å²) in [6, 6.07) is 1.61. The lowest BCUT2D eigenvalue weighted by Crippen LogP contribution is -2.28. The molecule has 0 aromatic carbocycles. The molecule has 0 aliphatic heterocycles. The predicted octanol–water partition coefficient (Wildman–Crippen LogP) is 3.24. The van der Waals surface area contributed by atoms with Gasteiger partial charge in [0.1, 0.15) is 12.0 Å². The normalized spacial score (nSPS) is 11.4. The highest BCUT2D eigenvalue weighted by Crippen LogP contribution is 2.14. The highest BCUT2D eigenvalue weighted by molar-refractivity contribution is 5.87. The van der Waals surface area contributed by atoms with Crippen LogP contribution in [-0.4, -0.2) is 29.1 Å². The third kappa shape index (κ3) is 4.18. The fourth-order valence-electron chi connectivity index (χ4n) is 2.01. The maximum absolute atomic E-state index is 10.8. The van der Waals surface area contributed by atoms with E-state index in [1.165, 1.54) is 19.1 Å². The van der Waals surface area contributed by atoms with Crippen LogP contribution in [0.4, 0.5) is 0 Å². The van der Waals surface area contributed by atoms with Crippen molar-refractivity contribution in [2.75, 3.05) is 13.1 Å². The van der Waals surface area contributed by atoms with Crippen molar-refractivity contribution in [3.8, 4) is 0 Å². The summed E-state index contributed by atoms with van der Waals surface area (Å²) >= 11 is 0. The lowest BCUT2D eigenvalue weighted by molar-refractivity contribution is 0.0696. The van der Waals surface area contributed by atoms with Crippen LogP contribution in [0.3, 0.4) is 0 Å². The minimum absolute atomic E-state index is 0.226. The molecule has 0 bridgehead atoms. The van der Waals surface area contributed by atoms with E-state index in [1.807, 2.05) is 0 Å². The van der Waals surface area contributed by atoms with E-state index >= 15 is 0 Å². The summed E-state index contributed by atoms with van der Waals surface area (Å²) in [5.41, 5.74) is 0.226. The van der Waals surface area contributed by atoms with Crippen molar-refractivity contribution in [2.24, 2.45) is 5.92 Å². The van der Waals surface area contributed by atoms with Crippen LogP contribution in [0.1, 0.15) is 49.7 Å². The average molecular weight is 253 g/mol. The lowest BCUT2D eigenvalue weighted by atomic mass is 10.0. The Hall–Kier alpha value is -1.29. The number of carbonyl (C=O) groups is 1. The molecule has 0 amide bonds. The van der Waals surface area contributed by atoms with Gasteiger partial charge in [0.2, 0.25) is 0 Å². The van der Waals surface area contributed by atoms with Crippen LogP contribution in [0, 0.1) is 5.92 Å². The van der Waals surface area contributed by atoms with Crippen LogP contribution < -0.4 is 0 Å². The molecule has 1 aromatic rings. The first-order valence-corrected chi connectivity index (χ1v) is 6.63. The Bertz CT molecular complexity index is 369. The molecule has 1 rings (SSSR count). The number of furan rings is 1. The van der Waals surface area contributed by atoms with Gasteiger partial charge in [-0.1, -0.05) is 33.6 Å². The van der Waals surface area contributed by atoms with Crippen molar-refractivity contribution in [2.45, 2.75) is 40.2 Å². The second-order valence-corrected chi connectivity index (χ2v) is 4.62. The van der Waals surface area contributed by atoms with Crippen LogP contribution in [0.2, 0.25) is 0 Å². The largest absolute Gasteiger partial charge is 0.478 e. The van der Waals surface area contributed by atoms with Crippen LogP contribution in [0.25, 0.3) is 0 Å². The van der Waals surface area contributed by atoms with Gasteiger partial charge in [-0.05, 0) is 18.5 Å². The number of hydrogen-bond donors (Lipinski definition) is 1. The van der Waals surface area contributed by atoms with Gasteiger partial charge in [-0.15, -0.1) is 0 Å². The Kier molecular flexibility index (Phi) is 5.92. The summed E-state index contributed by atoms with van der Waals surface area (Å²) in [6.45, 7) is 9.19. The summed E-state index contributed by atoms with van der Waals surface area (Å²) in [4.78, 5) is 13.1. The molecular formula is C14H23NO3. The number of hydrogen-bond acceptors (Lipinski definition) is 3. The van der Waals surface area contributed by atoms with E-state index in [4.69, 9.17) is 9.52 Å². The molecule has 0 spiro atoms. The van der Waals surface area contributed by atoms with Gasteiger partial charge in [-0.3, -0.25) is 4.90 Å². The molecule has 1 heterocycles. The van der Waals surface area contributed by atoms with Gasteiger partial charge in [0.05, 0.1) is 12.1 Å². The molecule has 0 radical (unpaired) electrons. The quantitative estimate of drug-likeness (QED) is 0.772. The van der Waals surface area contributed by atoms with Crippen molar-refractivity contribution < 1.29 is 14.3 Å². The molecular weight excluding hydrogens is 230 g/mol. The third-order valence-corrected chi connectivity index (χ3v) is 3.40. The fraction of sp³-hybridized carbons (Fsp3) is 0.643. The highest BCUT2D eigenvalue weighted by Gasteiger charge is 2.14. The summed E-state index contributed by atoms with van der Waals surface area (Å²) in [7, 11) is 0. The topological polar surface area (TPSA) is 53.7 Å². The smallest absolute Gasteiger partial charge is 0.338 e. The van der Waals surface area contributed by atoms with E-state index in [0.717, 1.165) is 18.8 Å².